The highest BCUT2D eigenvalue weighted by atomic mass is 16.5. The molecule has 0 radical (unpaired) electrons. The Bertz CT molecular complexity index is 557. The molecule has 0 aliphatic heterocycles. The lowest BCUT2D eigenvalue weighted by Gasteiger charge is -2.16. The summed E-state index contributed by atoms with van der Waals surface area (Å²) < 4.78 is 5.30. The number of carbonyl (C=O) groups excluding carboxylic acids is 2. The van der Waals surface area contributed by atoms with E-state index in [0.717, 1.165) is 12.0 Å². The van der Waals surface area contributed by atoms with Gasteiger partial charge in [-0.15, -0.1) is 0 Å². The maximum atomic E-state index is 12.0. The number of ketones is 1. The fourth-order valence-corrected chi connectivity index (χ4v) is 2.59. The molecule has 0 unspecified atom stereocenters. The third-order valence-corrected chi connectivity index (χ3v) is 3.83. The van der Waals surface area contributed by atoms with Crippen LogP contribution >= 0.6 is 0 Å². The topological polar surface area (TPSA) is 43.4 Å². The molecule has 0 amide bonds. The van der Waals surface area contributed by atoms with Gasteiger partial charge in [-0.2, -0.15) is 0 Å². The highest BCUT2D eigenvalue weighted by Gasteiger charge is 2.30. The average molecular weight is 298 g/mol. The maximum absolute atomic E-state index is 12.0. The third-order valence-electron chi connectivity index (χ3n) is 3.83. The maximum Gasteiger partial charge on any atom is 0.306 e. The first-order valence-corrected chi connectivity index (χ1v) is 7.77. The van der Waals surface area contributed by atoms with Gasteiger partial charge in [0.05, 0.1) is 6.42 Å². The van der Waals surface area contributed by atoms with Crippen molar-refractivity contribution in [1.29, 1.82) is 0 Å². The van der Waals surface area contributed by atoms with Crippen molar-refractivity contribution in [3.05, 3.63) is 60.2 Å². The van der Waals surface area contributed by atoms with Crippen LogP contribution in [0, 0.1) is 11.8 Å². The molecule has 1 aliphatic rings. The number of allylic oxidation sites excluding steroid dienone is 4. The number of benzene rings is 1. The number of hydrogen-bond acceptors (Lipinski definition) is 3. The largest absolute Gasteiger partial charge is 0.461 e. The van der Waals surface area contributed by atoms with Crippen LogP contribution in [-0.2, 0) is 20.9 Å². The summed E-state index contributed by atoms with van der Waals surface area (Å²) in [6.45, 7) is 2.34. The summed E-state index contributed by atoms with van der Waals surface area (Å²) in [4.78, 5) is 23.8. The first kappa shape index (κ1) is 16.2. The predicted molar refractivity (Wildman–Crippen MR) is 86.0 cm³/mol. The zero-order valence-electron chi connectivity index (χ0n) is 12.9. The molecule has 1 aliphatic carbocycles. The minimum Gasteiger partial charge on any atom is -0.461 e. The second kappa shape index (κ2) is 8.32. The quantitative estimate of drug-likeness (QED) is 0.567. The van der Waals surface area contributed by atoms with E-state index in [1.54, 1.807) is 6.08 Å². The van der Waals surface area contributed by atoms with E-state index in [-0.39, 0.29) is 36.6 Å². The molecule has 0 fully saturated rings. The van der Waals surface area contributed by atoms with Crippen LogP contribution < -0.4 is 0 Å². The number of ether oxygens (including phenoxy) is 1. The average Bonchev–Trinajstić information content (AvgIpc) is 2.87. The molecule has 0 N–H and O–H groups in total. The van der Waals surface area contributed by atoms with Crippen LogP contribution in [0.1, 0.15) is 31.7 Å². The van der Waals surface area contributed by atoms with Gasteiger partial charge in [0.1, 0.15) is 6.61 Å². The van der Waals surface area contributed by atoms with Gasteiger partial charge in [-0.3, -0.25) is 9.59 Å². The molecule has 2 rings (SSSR count). The van der Waals surface area contributed by atoms with E-state index in [1.807, 2.05) is 42.5 Å². The summed E-state index contributed by atoms with van der Waals surface area (Å²) in [5.74, 6) is -0.302. The lowest BCUT2D eigenvalue weighted by atomic mass is 9.89. The highest BCUT2D eigenvalue weighted by Crippen LogP contribution is 2.29. The van der Waals surface area contributed by atoms with Gasteiger partial charge in [0.25, 0.3) is 0 Å². The Kier molecular flexibility index (Phi) is 6.13. The zero-order chi connectivity index (χ0) is 15.8. The van der Waals surface area contributed by atoms with Crippen LogP contribution in [0.3, 0.4) is 0 Å². The van der Waals surface area contributed by atoms with Gasteiger partial charge in [0, 0.05) is 5.92 Å². The fraction of sp³-hybridized carbons (Fsp3) is 0.368. The van der Waals surface area contributed by atoms with Gasteiger partial charge in [-0.1, -0.05) is 55.5 Å². The summed E-state index contributed by atoms with van der Waals surface area (Å²) in [7, 11) is 0. The van der Waals surface area contributed by atoms with Gasteiger partial charge in [0.15, 0.2) is 5.78 Å². The molecule has 0 heterocycles. The van der Waals surface area contributed by atoms with E-state index in [4.69, 9.17) is 4.74 Å². The van der Waals surface area contributed by atoms with Crippen molar-refractivity contribution in [2.45, 2.75) is 32.8 Å². The van der Waals surface area contributed by atoms with Crippen molar-refractivity contribution in [3.63, 3.8) is 0 Å². The normalized spacial score (nSPS) is 20.7. The van der Waals surface area contributed by atoms with E-state index in [0.29, 0.717) is 6.42 Å². The Labute approximate surface area is 131 Å². The molecule has 3 heteroatoms. The molecule has 22 heavy (non-hydrogen) atoms. The minimum atomic E-state index is -0.252. The molecule has 1 aromatic rings. The summed E-state index contributed by atoms with van der Waals surface area (Å²) in [6, 6.07) is 9.60. The van der Waals surface area contributed by atoms with Crippen molar-refractivity contribution in [1.82, 2.24) is 0 Å². The summed E-state index contributed by atoms with van der Waals surface area (Å²) in [6.07, 6.45) is 9.43. The van der Waals surface area contributed by atoms with E-state index < -0.39 is 0 Å². The van der Waals surface area contributed by atoms with Gasteiger partial charge in [0.2, 0.25) is 0 Å². The lowest BCUT2D eigenvalue weighted by molar-refractivity contribution is -0.146. The van der Waals surface area contributed by atoms with Crippen LogP contribution in [0.4, 0.5) is 0 Å². The molecule has 0 bridgehead atoms. The first-order chi connectivity index (χ1) is 10.7. The van der Waals surface area contributed by atoms with E-state index in [9.17, 15) is 9.59 Å². The second-order valence-electron chi connectivity index (χ2n) is 5.50. The van der Waals surface area contributed by atoms with Crippen molar-refractivity contribution in [3.8, 4) is 0 Å². The highest BCUT2D eigenvalue weighted by molar-refractivity contribution is 5.95. The van der Waals surface area contributed by atoms with Gasteiger partial charge in [-0.25, -0.2) is 0 Å². The molecule has 0 saturated heterocycles. The standard InChI is InChI=1S/C19H22O3/c1-2-3-5-10-17-16(11-12-18(17)20)13-19(21)22-14-15-8-6-4-7-9-15/h3-9,11-12,16-17H,2,10,13-14H2,1H3/b5-3-/t16-,17+/m0/s1. The third kappa shape index (κ3) is 4.69. The van der Waals surface area contributed by atoms with Gasteiger partial charge in [-0.05, 0) is 30.4 Å². The van der Waals surface area contributed by atoms with Gasteiger partial charge < -0.3 is 4.74 Å². The molecule has 3 nitrogen and oxygen atoms in total. The SMILES string of the molecule is CC/C=C\C[C@H]1C(=O)C=C[C@H]1CC(=O)OCc1ccccc1. The molecule has 0 saturated carbocycles. The number of rotatable bonds is 7. The van der Waals surface area contributed by atoms with E-state index in [2.05, 4.69) is 13.0 Å². The monoisotopic (exact) mass is 298 g/mol. The summed E-state index contributed by atoms with van der Waals surface area (Å²) in [5, 5.41) is 0. The van der Waals surface area contributed by atoms with Crippen LogP contribution in [-0.4, -0.2) is 11.8 Å². The molecule has 2 atom stereocenters. The molecular formula is C19H22O3. The van der Waals surface area contributed by atoms with Crippen molar-refractivity contribution in [2.75, 3.05) is 0 Å². The number of hydrogen-bond donors (Lipinski definition) is 0. The van der Waals surface area contributed by atoms with Crippen LogP contribution in [0.15, 0.2) is 54.6 Å². The van der Waals surface area contributed by atoms with Crippen LogP contribution in [0.25, 0.3) is 0 Å². The molecular weight excluding hydrogens is 276 g/mol. The molecule has 0 spiro atoms. The Morgan fingerprint density at radius 1 is 1.23 bits per heavy atom. The van der Waals surface area contributed by atoms with Gasteiger partial charge >= 0.3 is 5.97 Å². The van der Waals surface area contributed by atoms with E-state index >= 15 is 0 Å². The molecule has 1 aromatic carbocycles. The smallest absolute Gasteiger partial charge is 0.306 e. The van der Waals surface area contributed by atoms with Crippen LogP contribution in [0.5, 0.6) is 0 Å². The molecule has 0 aromatic heterocycles. The summed E-state index contributed by atoms with van der Waals surface area (Å²) >= 11 is 0. The Morgan fingerprint density at radius 3 is 2.73 bits per heavy atom. The Balaban J connectivity index is 1.83. The Morgan fingerprint density at radius 2 is 2.00 bits per heavy atom. The number of esters is 1. The van der Waals surface area contributed by atoms with Crippen LogP contribution in [0.2, 0.25) is 0 Å². The van der Waals surface area contributed by atoms with E-state index in [1.165, 1.54) is 0 Å². The van der Waals surface area contributed by atoms with Crippen molar-refractivity contribution >= 4 is 11.8 Å². The predicted octanol–water partition coefficient (Wildman–Crippen LogP) is 3.85. The Hall–Kier alpha value is -2.16. The first-order valence-electron chi connectivity index (χ1n) is 7.77. The minimum absolute atomic E-state index is 0.0442. The zero-order valence-corrected chi connectivity index (χ0v) is 12.9. The second-order valence-corrected chi connectivity index (χ2v) is 5.50. The fourth-order valence-electron chi connectivity index (χ4n) is 2.59. The van der Waals surface area contributed by atoms with Crippen molar-refractivity contribution < 1.29 is 14.3 Å². The molecule has 116 valence electrons. The number of carbonyl (C=O) groups is 2. The summed E-state index contributed by atoms with van der Waals surface area (Å²) in [5.41, 5.74) is 0.969. The lowest BCUT2D eigenvalue weighted by Crippen LogP contribution is -2.19. The van der Waals surface area contributed by atoms with Crippen molar-refractivity contribution in [2.24, 2.45) is 11.8 Å².